The molecule has 26 heavy (non-hydrogen) atoms. The van der Waals surface area contributed by atoms with Gasteiger partial charge < -0.3 is 4.74 Å². The van der Waals surface area contributed by atoms with Gasteiger partial charge in [0, 0.05) is 10.8 Å². The topological polar surface area (TPSA) is 60.4 Å². The van der Waals surface area contributed by atoms with Gasteiger partial charge in [-0.25, -0.2) is 13.2 Å². The van der Waals surface area contributed by atoms with Gasteiger partial charge in [-0.15, -0.1) is 11.8 Å². The molecular weight excluding hydrogens is 392 g/mol. The number of carbonyl (C=O) groups excluding carboxylic acids is 1. The molecule has 0 radical (unpaired) electrons. The predicted octanol–water partition coefficient (Wildman–Crippen LogP) is 4.75. The zero-order valence-electron chi connectivity index (χ0n) is 14.2. The summed E-state index contributed by atoms with van der Waals surface area (Å²) in [6.45, 7) is 5.67. The Hall–Kier alpha value is -1.76. The molecule has 1 heterocycles. The number of halogens is 1. The summed E-state index contributed by atoms with van der Waals surface area (Å²) in [5.74, 6) is -0.751. The molecule has 4 nitrogen and oxygen atoms in total. The molecular formula is C19H17ClO4S2. The summed E-state index contributed by atoms with van der Waals surface area (Å²) < 4.78 is 30.4. The Balaban J connectivity index is 1.96. The molecule has 1 aliphatic heterocycles. The third-order valence-electron chi connectivity index (χ3n) is 4.39. The lowest BCUT2D eigenvalue weighted by atomic mass is 10.0. The third kappa shape index (κ3) is 3.17. The van der Waals surface area contributed by atoms with Crippen molar-refractivity contribution >= 4 is 44.1 Å². The second-order valence-corrected chi connectivity index (χ2v) is 9.92. The van der Waals surface area contributed by atoms with Crippen molar-refractivity contribution in [3.05, 3.63) is 70.8 Å². The van der Waals surface area contributed by atoms with Crippen molar-refractivity contribution in [3.63, 3.8) is 0 Å². The van der Waals surface area contributed by atoms with E-state index in [1.54, 1.807) is 24.3 Å². The highest BCUT2D eigenvalue weighted by Crippen LogP contribution is 2.52. The van der Waals surface area contributed by atoms with E-state index in [0.29, 0.717) is 10.6 Å². The molecule has 0 saturated carbocycles. The van der Waals surface area contributed by atoms with Crippen LogP contribution in [-0.2, 0) is 14.6 Å². The minimum absolute atomic E-state index is 0.0171. The zero-order valence-corrected chi connectivity index (χ0v) is 16.6. The van der Waals surface area contributed by atoms with E-state index >= 15 is 0 Å². The van der Waals surface area contributed by atoms with E-state index in [9.17, 15) is 13.2 Å². The number of sulfone groups is 1. The number of benzene rings is 2. The fourth-order valence-electron chi connectivity index (χ4n) is 2.95. The number of methoxy groups -OCH3 is 1. The van der Waals surface area contributed by atoms with Crippen molar-refractivity contribution in [2.45, 2.75) is 22.3 Å². The molecule has 0 amide bonds. The van der Waals surface area contributed by atoms with Gasteiger partial charge in [0.2, 0.25) is 0 Å². The number of thioether (sulfide) groups is 1. The first kappa shape index (κ1) is 19.0. The molecule has 1 aliphatic rings. The van der Waals surface area contributed by atoms with Gasteiger partial charge in [-0.2, -0.15) is 0 Å². The van der Waals surface area contributed by atoms with E-state index in [2.05, 4.69) is 6.58 Å². The van der Waals surface area contributed by atoms with Crippen molar-refractivity contribution in [2.24, 2.45) is 0 Å². The number of hydrogen-bond donors (Lipinski definition) is 0. The van der Waals surface area contributed by atoms with Gasteiger partial charge in [0.1, 0.15) is 4.58 Å². The van der Waals surface area contributed by atoms with Crippen LogP contribution in [0.5, 0.6) is 0 Å². The van der Waals surface area contributed by atoms with Crippen LogP contribution in [0.2, 0.25) is 5.02 Å². The van der Waals surface area contributed by atoms with Crippen LogP contribution < -0.4 is 0 Å². The molecule has 0 saturated heterocycles. The van der Waals surface area contributed by atoms with Crippen LogP contribution in [0, 0.1) is 0 Å². The zero-order chi connectivity index (χ0) is 19.1. The minimum Gasteiger partial charge on any atom is -0.465 e. The fraction of sp³-hybridized carbons (Fsp3) is 0.211. The summed E-state index contributed by atoms with van der Waals surface area (Å²) >= 11 is 7.47. The number of fused-ring (bicyclic) bond motifs is 1. The molecule has 2 atom stereocenters. The molecule has 0 fully saturated rings. The van der Waals surface area contributed by atoms with Crippen LogP contribution in [-0.4, -0.2) is 26.1 Å². The average Bonchev–Trinajstić information content (AvgIpc) is 2.99. The Labute approximate surface area is 162 Å². The monoisotopic (exact) mass is 408 g/mol. The Morgan fingerprint density at radius 3 is 2.50 bits per heavy atom. The quantitative estimate of drug-likeness (QED) is 0.683. The summed E-state index contributed by atoms with van der Waals surface area (Å²) in [6, 6.07) is 11.8. The largest absolute Gasteiger partial charge is 0.465 e. The minimum atomic E-state index is -3.72. The van der Waals surface area contributed by atoms with Crippen molar-refractivity contribution in [1.82, 2.24) is 0 Å². The van der Waals surface area contributed by atoms with Crippen molar-refractivity contribution in [1.29, 1.82) is 0 Å². The van der Waals surface area contributed by atoms with Gasteiger partial charge in [-0.3, -0.25) is 0 Å². The molecule has 0 spiro atoms. The Morgan fingerprint density at radius 2 is 1.85 bits per heavy atom. The van der Waals surface area contributed by atoms with Crippen LogP contribution in [0.4, 0.5) is 0 Å². The Kier molecular flexibility index (Phi) is 5.19. The SMILES string of the molecule is C=C(c1cccc(C(=O)OC)c1)S(=O)(=O)C1Sc2c(Cl)cccc2C1C. The molecule has 2 aromatic rings. The van der Waals surface area contributed by atoms with Gasteiger partial charge in [-0.1, -0.05) is 49.4 Å². The highest BCUT2D eigenvalue weighted by Gasteiger charge is 2.41. The second-order valence-electron chi connectivity index (χ2n) is 5.97. The van der Waals surface area contributed by atoms with Gasteiger partial charge in [0.05, 0.1) is 22.6 Å². The van der Waals surface area contributed by atoms with Gasteiger partial charge in [0.15, 0.2) is 9.84 Å². The molecule has 0 aromatic heterocycles. The second kappa shape index (κ2) is 7.10. The fourth-order valence-corrected chi connectivity index (χ4v) is 6.98. The highest BCUT2D eigenvalue weighted by molar-refractivity contribution is 8.17. The van der Waals surface area contributed by atoms with Crippen LogP contribution in [0.1, 0.15) is 34.3 Å². The lowest BCUT2D eigenvalue weighted by molar-refractivity contribution is 0.0600. The summed E-state index contributed by atoms with van der Waals surface area (Å²) in [7, 11) is -2.44. The average molecular weight is 409 g/mol. The van der Waals surface area contributed by atoms with Crippen LogP contribution in [0.15, 0.2) is 53.9 Å². The number of carbonyl (C=O) groups is 1. The molecule has 2 unspecified atom stereocenters. The van der Waals surface area contributed by atoms with Crippen LogP contribution >= 0.6 is 23.4 Å². The summed E-state index contributed by atoms with van der Waals surface area (Å²) in [5, 5.41) is 0.551. The molecule has 0 N–H and O–H groups in total. The van der Waals surface area contributed by atoms with Crippen LogP contribution in [0.25, 0.3) is 4.91 Å². The van der Waals surface area contributed by atoms with E-state index in [0.717, 1.165) is 10.5 Å². The standard InChI is InChI=1S/C19H17ClO4S2/c1-11-15-8-5-9-16(20)17(15)25-19(11)26(22,23)12(2)13-6-4-7-14(10-13)18(21)24-3/h4-11,19H,2H2,1,3H3. The predicted molar refractivity (Wildman–Crippen MR) is 105 cm³/mol. The lowest BCUT2D eigenvalue weighted by Gasteiger charge is -2.18. The number of rotatable bonds is 4. The van der Waals surface area contributed by atoms with E-state index in [1.165, 1.54) is 24.9 Å². The molecule has 136 valence electrons. The van der Waals surface area contributed by atoms with Crippen molar-refractivity contribution in [2.75, 3.05) is 7.11 Å². The number of hydrogen-bond acceptors (Lipinski definition) is 5. The van der Waals surface area contributed by atoms with Crippen LogP contribution in [0.3, 0.4) is 0 Å². The number of ether oxygens (including phenoxy) is 1. The smallest absolute Gasteiger partial charge is 0.337 e. The van der Waals surface area contributed by atoms with E-state index in [-0.39, 0.29) is 16.4 Å². The van der Waals surface area contributed by atoms with Crippen molar-refractivity contribution < 1.29 is 17.9 Å². The molecule has 7 heteroatoms. The molecule has 0 bridgehead atoms. The normalized spacial score (nSPS) is 19.0. The van der Waals surface area contributed by atoms with E-state index in [1.807, 2.05) is 19.1 Å². The third-order valence-corrected chi connectivity index (χ3v) is 9.14. The summed E-state index contributed by atoms with van der Waals surface area (Å²) in [5.41, 5.74) is 1.58. The van der Waals surface area contributed by atoms with Crippen molar-refractivity contribution in [3.8, 4) is 0 Å². The summed E-state index contributed by atoms with van der Waals surface area (Å²) in [4.78, 5) is 12.5. The Morgan fingerprint density at radius 1 is 1.19 bits per heavy atom. The maximum absolute atomic E-state index is 13.2. The first-order valence-electron chi connectivity index (χ1n) is 7.84. The van der Waals surface area contributed by atoms with Gasteiger partial charge >= 0.3 is 5.97 Å². The lowest BCUT2D eigenvalue weighted by Crippen LogP contribution is -2.21. The molecule has 0 aliphatic carbocycles. The first-order valence-corrected chi connectivity index (χ1v) is 10.6. The van der Waals surface area contributed by atoms with E-state index in [4.69, 9.17) is 16.3 Å². The maximum Gasteiger partial charge on any atom is 0.337 e. The van der Waals surface area contributed by atoms with Gasteiger partial charge in [-0.05, 0) is 29.3 Å². The first-order chi connectivity index (χ1) is 12.3. The highest BCUT2D eigenvalue weighted by atomic mass is 35.5. The molecule has 3 rings (SSSR count). The van der Waals surface area contributed by atoms with E-state index < -0.39 is 20.4 Å². The number of esters is 1. The molecule has 2 aromatic carbocycles. The summed E-state index contributed by atoms with van der Waals surface area (Å²) in [6.07, 6.45) is 0. The maximum atomic E-state index is 13.2. The van der Waals surface area contributed by atoms with Gasteiger partial charge in [0.25, 0.3) is 0 Å². The Bertz CT molecular complexity index is 998.